The Bertz CT molecular complexity index is 2050. The number of benzene rings is 1. The van der Waals surface area contributed by atoms with E-state index in [4.69, 9.17) is 19.2 Å². The van der Waals surface area contributed by atoms with Crippen molar-refractivity contribution < 1.29 is 28.2 Å². The number of rotatable bonds is 13. The Labute approximate surface area is 334 Å². The van der Waals surface area contributed by atoms with Gasteiger partial charge in [-0.05, 0) is 97.2 Å². The number of ether oxygens (including phenoxy) is 3. The van der Waals surface area contributed by atoms with Gasteiger partial charge in [-0.15, -0.1) is 0 Å². The molecule has 1 spiro atoms. The van der Waals surface area contributed by atoms with Gasteiger partial charge in [0.05, 0.1) is 11.8 Å². The van der Waals surface area contributed by atoms with Gasteiger partial charge in [0.2, 0.25) is 0 Å². The van der Waals surface area contributed by atoms with E-state index in [2.05, 4.69) is 24.8 Å². The van der Waals surface area contributed by atoms with Crippen LogP contribution in [0.3, 0.4) is 0 Å². The normalized spacial score (nSPS) is 16.4. The van der Waals surface area contributed by atoms with Crippen LogP contribution in [0.5, 0.6) is 17.2 Å². The van der Waals surface area contributed by atoms with Gasteiger partial charge in [0.15, 0.2) is 11.6 Å². The number of halogens is 1. The lowest BCUT2D eigenvalue weighted by Crippen LogP contribution is -2.65. The quantitative estimate of drug-likeness (QED) is 0.136. The third kappa shape index (κ3) is 9.11. The van der Waals surface area contributed by atoms with Crippen LogP contribution in [-0.2, 0) is 17.7 Å². The van der Waals surface area contributed by atoms with E-state index in [-0.39, 0.29) is 34.8 Å². The van der Waals surface area contributed by atoms with Crippen LogP contribution in [0.15, 0.2) is 67.4 Å². The van der Waals surface area contributed by atoms with E-state index >= 15 is 0 Å². The maximum Gasteiger partial charge on any atom is 0.416 e. The number of pyridine rings is 2. The molecule has 0 unspecified atom stereocenters. The van der Waals surface area contributed by atoms with E-state index in [1.54, 1.807) is 22.2 Å². The molecule has 3 aromatic heterocycles. The summed E-state index contributed by atoms with van der Waals surface area (Å²) in [5, 5.41) is 0. The molecule has 3 aliphatic rings. The molecule has 1 aliphatic carbocycles. The van der Waals surface area contributed by atoms with Crippen LogP contribution in [0.1, 0.15) is 82.4 Å². The van der Waals surface area contributed by atoms with Crippen LogP contribution in [-0.4, -0.2) is 98.8 Å². The predicted molar refractivity (Wildman–Crippen MR) is 214 cm³/mol. The molecule has 13 nitrogen and oxygen atoms in total. The first-order valence-electron chi connectivity index (χ1n) is 19.9. The zero-order valence-electron chi connectivity index (χ0n) is 33.8. The van der Waals surface area contributed by atoms with E-state index < -0.39 is 17.5 Å². The molecule has 0 N–H and O–H groups in total. The summed E-state index contributed by atoms with van der Waals surface area (Å²) in [5.41, 5.74) is 1.86. The smallest absolute Gasteiger partial charge is 0.416 e. The van der Waals surface area contributed by atoms with Crippen molar-refractivity contribution in [2.24, 2.45) is 5.41 Å². The van der Waals surface area contributed by atoms with Crippen LogP contribution >= 0.6 is 0 Å². The Balaban J connectivity index is 0.941. The van der Waals surface area contributed by atoms with Gasteiger partial charge in [-0.2, -0.15) is 0 Å². The number of hydrogen-bond acceptors (Lipinski definition) is 11. The highest BCUT2D eigenvalue weighted by molar-refractivity contribution is 5.97. The van der Waals surface area contributed by atoms with Crippen molar-refractivity contribution in [3.63, 3.8) is 0 Å². The van der Waals surface area contributed by atoms with Crippen molar-refractivity contribution in [2.75, 3.05) is 49.1 Å². The van der Waals surface area contributed by atoms with Gasteiger partial charge in [-0.3, -0.25) is 19.6 Å². The van der Waals surface area contributed by atoms with Crippen LogP contribution in [0.2, 0.25) is 0 Å². The first-order chi connectivity index (χ1) is 27.3. The van der Waals surface area contributed by atoms with Gasteiger partial charge in [-0.1, -0.05) is 6.07 Å². The highest BCUT2D eigenvalue weighted by Gasteiger charge is 2.54. The molecule has 4 aromatic rings. The summed E-state index contributed by atoms with van der Waals surface area (Å²) in [6.07, 6.45) is 9.70. The van der Waals surface area contributed by atoms with Gasteiger partial charge in [0, 0.05) is 87.3 Å². The monoisotopic (exact) mass is 780 g/mol. The highest BCUT2D eigenvalue weighted by Crippen LogP contribution is 2.52. The van der Waals surface area contributed by atoms with E-state index in [1.165, 1.54) is 24.5 Å². The molecule has 7 rings (SSSR count). The third-order valence-electron chi connectivity index (χ3n) is 10.8. The molecule has 1 saturated carbocycles. The Morgan fingerprint density at radius 2 is 1.82 bits per heavy atom. The van der Waals surface area contributed by atoms with Gasteiger partial charge in [0.1, 0.15) is 41.2 Å². The molecule has 0 radical (unpaired) electrons. The summed E-state index contributed by atoms with van der Waals surface area (Å²) < 4.78 is 33.0. The average Bonchev–Trinajstić information content (AvgIpc) is 3.14. The first-order valence-corrected chi connectivity index (χ1v) is 19.9. The molecule has 2 fully saturated rings. The van der Waals surface area contributed by atoms with Gasteiger partial charge >= 0.3 is 6.09 Å². The molecular formula is C43H53FN8O5. The van der Waals surface area contributed by atoms with E-state index in [1.807, 2.05) is 72.0 Å². The lowest BCUT2D eigenvalue weighted by Gasteiger charge is -2.59. The van der Waals surface area contributed by atoms with E-state index in [9.17, 15) is 14.0 Å². The van der Waals surface area contributed by atoms with Crippen molar-refractivity contribution >= 4 is 23.6 Å². The van der Waals surface area contributed by atoms with E-state index in [0.717, 1.165) is 75.4 Å². The summed E-state index contributed by atoms with van der Waals surface area (Å²) >= 11 is 0. The minimum atomic E-state index is -0.609. The second kappa shape index (κ2) is 16.6. The second-order valence-electron chi connectivity index (χ2n) is 16.6. The first kappa shape index (κ1) is 39.8. The Morgan fingerprint density at radius 1 is 1.02 bits per heavy atom. The van der Waals surface area contributed by atoms with Gasteiger partial charge in [0.25, 0.3) is 5.91 Å². The second-order valence-corrected chi connectivity index (χ2v) is 16.6. The Morgan fingerprint density at radius 3 is 2.54 bits per heavy atom. The predicted octanol–water partition coefficient (Wildman–Crippen LogP) is 7.31. The fraction of sp³-hybridized carbons (Fsp3) is 0.488. The molecule has 302 valence electrons. The number of hydrogen-bond donors (Lipinski definition) is 0. The zero-order valence-corrected chi connectivity index (χ0v) is 33.8. The summed E-state index contributed by atoms with van der Waals surface area (Å²) in [6, 6.07) is 11.5. The molecule has 57 heavy (non-hydrogen) atoms. The Kier molecular flexibility index (Phi) is 11.6. The van der Waals surface area contributed by atoms with Crippen molar-refractivity contribution in [1.29, 1.82) is 0 Å². The third-order valence-corrected chi connectivity index (χ3v) is 10.8. The van der Waals surface area contributed by atoms with Crippen molar-refractivity contribution in [1.82, 2.24) is 29.7 Å². The lowest BCUT2D eigenvalue weighted by atomic mass is 9.61. The fourth-order valence-electron chi connectivity index (χ4n) is 8.09. The largest absolute Gasteiger partial charge is 0.490 e. The van der Waals surface area contributed by atoms with Crippen molar-refractivity contribution in [3.8, 4) is 17.2 Å². The van der Waals surface area contributed by atoms with Gasteiger partial charge < -0.3 is 24.0 Å². The molecule has 14 heteroatoms. The SMILES string of the molecule is CCN(C(=O)c1cc(F)ccc1Oc1cncnc1N1CC2(CC(Oc3ccnc4c3CN(CCCN(C(=O)OC(C)(C)C)c3ccccn3)CC4)C2)C1)C(C)C. The molecule has 0 atom stereocenters. The average molecular weight is 781 g/mol. The van der Waals surface area contributed by atoms with Crippen LogP contribution in [0, 0.1) is 11.2 Å². The minimum absolute atomic E-state index is 0.0561. The maximum atomic E-state index is 14.4. The molecule has 1 saturated heterocycles. The summed E-state index contributed by atoms with van der Waals surface area (Å²) in [7, 11) is 0. The maximum absolute atomic E-state index is 14.4. The number of anilines is 2. The lowest BCUT2D eigenvalue weighted by molar-refractivity contribution is -0.0352. The highest BCUT2D eigenvalue weighted by atomic mass is 19.1. The topological polar surface area (TPSA) is 126 Å². The number of aromatic nitrogens is 4. The molecular weight excluding hydrogens is 728 g/mol. The van der Waals surface area contributed by atoms with Crippen molar-refractivity contribution in [3.05, 3.63) is 90.0 Å². The van der Waals surface area contributed by atoms with Gasteiger partial charge in [-0.25, -0.2) is 24.1 Å². The molecule has 5 heterocycles. The summed E-state index contributed by atoms with van der Waals surface area (Å²) in [4.78, 5) is 52.2. The van der Waals surface area contributed by atoms with Crippen LogP contribution < -0.4 is 19.3 Å². The molecule has 2 amide bonds. The van der Waals surface area contributed by atoms with E-state index in [0.29, 0.717) is 30.5 Å². The number of carbonyl (C=O) groups excluding carboxylic acids is 2. The summed E-state index contributed by atoms with van der Waals surface area (Å²) in [5.74, 6) is 1.97. The fourth-order valence-corrected chi connectivity index (χ4v) is 8.09. The van der Waals surface area contributed by atoms with Crippen LogP contribution in [0.25, 0.3) is 0 Å². The standard InChI is InChI=1S/C43H53FN8O5/c1-7-51(29(2)3)40(53)32-21-30(44)12-13-35(32)56-37-24-45-28-48-39(37)50-26-43(27-50)22-31(23-43)55-36-14-17-46-34-15-20-49(25-33(34)36)18-10-19-52(38-11-8-9-16-47-38)41(54)57-42(4,5)6/h8-9,11-14,16-17,21,24,28-29,31H,7,10,15,18-20,22-23,25-27H2,1-6H3. The molecule has 1 aromatic carbocycles. The minimum Gasteiger partial charge on any atom is -0.490 e. The Hall–Kier alpha value is -5.37. The number of fused-ring (bicyclic) bond motifs is 1. The molecule has 2 aliphatic heterocycles. The summed E-state index contributed by atoms with van der Waals surface area (Å²) in [6.45, 7) is 16.3. The van der Waals surface area contributed by atoms with Crippen LogP contribution in [0.4, 0.5) is 20.8 Å². The number of nitrogens with zero attached hydrogens (tertiary/aromatic N) is 8. The molecule has 0 bridgehead atoms. The van der Waals surface area contributed by atoms with Crippen molar-refractivity contribution in [2.45, 2.75) is 91.5 Å². The number of carbonyl (C=O) groups is 2. The number of amides is 2. The zero-order chi connectivity index (χ0) is 40.3.